The van der Waals surface area contributed by atoms with Crippen molar-refractivity contribution in [1.29, 1.82) is 0 Å². The number of phenolic OH excluding ortho intramolecular Hbond substituents is 1. The molecule has 0 fully saturated rings. The number of nitrogens with one attached hydrogen (secondary N) is 1. The van der Waals surface area contributed by atoms with Crippen molar-refractivity contribution in [2.75, 3.05) is 26.9 Å². The predicted molar refractivity (Wildman–Crippen MR) is 152 cm³/mol. The van der Waals surface area contributed by atoms with E-state index in [0.29, 0.717) is 22.6 Å². The lowest BCUT2D eigenvalue weighted by molar-refractivity contribution is -0.123. The summed E-state index contributed by atoms with van der Waals surface area (Å²) >= 11 is 1.48. The second kappa shape index (κ2) is 12.6. The first-order valence-electron chi connectivity index (χ1n) is 12.8. The predicted octanol–water partition coefficient (Wildman–Crippen LogP) is 5.39. The van der Waals surface area contributed by atoms with E-state index in [2.05, 4.69) is 5.32 Å². The highest BCUT2D eigenvalue weighted by Crippen LogP contribution is 2.55. The first kappa shape index (κ1) is 29.2. The minimum atomic E-state index is -0.500. The highest BCUT2D eigenvalue weighted by molar-refractivity contribution is 8.00. The van der Waals surface area contributed by atoms with Gasteiger partial charge in [0, 0.05) is 35.0 Å². The quantitative estimate of drug-likeness (QED) is 0.268. The molecule has 1 heterocycles. The lowest BCUT2D eigenvalue weighted by atomic mass is 9.94. The number of aromatic hydroxyl groups is 1. The van der Waals surface area contributed by atoms with E-state index in [1.54, 1.807) is 42.5 Å². The SMILES string of the molecule is COc1c(OCC(=O)NCC(C)(C)CO)cccc1C1SC(c2ccc(F)cc2)C=C1C(=O)c1ccccc1O. The van der Waals surface area contributed by atoms with Gasteiger partial charge in [0.1, 0.15) is 11.6 Å². The third-order valence-electron chi connectivity index (χ3n) is 6.55. The molecule has 0 aliphatic carbocycles. The Labute approximate surface area is 237 Å². The molecule has 0 spiro atoms. The van der Waals surface area contributed by atoms with E-state index in [9.17, 15) is 24.2 Å². The number of thioether (sulfide) groups is 1. The van der Waals surface area contributed by atoms with Crippen molar-refractivity contribution >= 4 is 23.5 Å². The minimum absolute atomic E-state index is 0.0721. The number of rotatable bonds is 11. The zero-order valence-corrected chi connectivity index (χ0v) is 23.3. The Morgan fingerprint density at radius 1 is 1.05 bits per heavy atom. The Kier molecular flexibility index (Phi) is 9.17. The van der Waals surface area contributed by atoms with E-state index in [1.807, 2.05) is 26.0 Å². The number of ketones is 1. The molecule has 3 aromatic rings. The summed E-state index contributed by atoms with van der Waals surface area (Å²) in [6, 6.07) is 17.7. The van der Waals surface area contributed by atoms with Gasteiger partial charge < -0.3 is 25.0 Å². The van der Waals surface area contributed by atoms with Crippen LogP contribution in [0.1, 0.15) is 45.8 Å². The summed E-state index contributed by atoms with van der Waals surface area (Å²) in [6.07, 6.45) is 1.83. The summed E-state index contributed by atoms with van der Waals surface area (Å²) in [7, 11) is 1.49. The fourth-order valence-corrected chi connectivity index (χ4v) is 5.75. The van der Waals surface area contributed by atoms with E-state index in [-0.39, 0.29) is 53.8 Å². The third kappa shape index (κ3) is 6.66. The molecule has 3 aromatic carbocycles. The average Bonchev–Trinajstić information content (AvgIpc) is 3.40. The molecule has 0 bridgehead atoms. The maximum absolute atomic E-state index is 13.7. The molecule has 1 amide bonds. The number of amides is 1. The van der Waals surface area contributed by atoms with Crippen molar-refractivity contribution in [3.8, 4) is 17.2 Å². The number of hydrogen-bond donors (Lipinski definition) is 3. The molecule has 9 heteroatoms. The van der Waals surface area contributed by atoms with Gasteiger partial charge >= 0.3 is 0 Å². The van der Waals surface area contributed by atoms with Gasteiger partial charge in [0.05, 0.1) is 17.9 Å². The number of halogens is 1. The maximum atomic E-state index is 13.7. The van der Waals surface area contributed by atoms with E-state index in [0.717, 1.165) is 5.56 Å². The number of carbonyl (C=O) groups excluding carboxylic acids is 2. The largest absolute Gasteiger partial charge is 0.507 e. The molecular formula is C31H32FNO6S. The second-order valence-corrected chi connectivity index (χ2v) is 11.5. The van der Waals surface area contributed by atoms with Crippen molar-refractivity contribution in [1.82, 2.24) is 5.32 Å². The highest BCUT2D eigenvalue weighted by atomic mass is 32.2. The molecule has 7 nitrogen and oxygen atoms in total. The van der Waals surface area contributed by atoms with Gasteiger partial charge in [-0.2, -0.15) is 0 Å². The number of Topliss-reactive ketones (excluding diaryl/α,β-unsaturated/α-hetero) is 1. The summed E-state index contributed by atoms with van der Waals surface area (Å²) < 4.78 is 25.2. The second-order valence-electron chi connectivity index (χ2n) is 10.2. The fourth-order valence-electron chi connectivity index (χ4n) is 4.25. The molecule has 2 unspecified atom stereocenters. The molecule has 0 radical (unpaired) electrons. The Morgan fingerprint density at radius 3 is 2.45 bits per heavy atom. The summed E-state index contributed by atoms with van der Waals surface area (Å²) in [5.41, 5.74) is 1.64. The average molecular weight is 566 g/mol. The van der Waals surface area contributed by atoms with Gasteiger partial charge in [0.15, 0.2) is 23.9 Å². The van der Waals surface area contributed by atoms with E-state index in [1.165, 1.54) is 37.1 Å². The van der Waals surface area contributed by atoms with Crippen LogP contribution >= 0.6 is 11.8 Å². The van der Waals surface area contributed by atoms with Crippen LogP contribution in [0.5, 0.6) is 17.2 Å². The summed E-state index contributed by atoms with van der Waals surface area (Å²) in [6.45, 7) is 3.62. The molecular weight excluding hydrogens is 533 g/mol. The van der Waals surface area contributed by atoms with Crippen LogP contribution in [0.3, 0.4) is 0 Å². The number of phenols is 1. The molecule has 40 heavy (non-hydrogen) atoms. The lowest BCUT2D eigenvalue weighted by Crippen LogP contribution is -2.38. The van der Waals surface area contributed by atoms with Crippen LogP contribution in [0.2, 0.25) is 0 Å². The van der Waals surface area contributed by atoms with Crippen LogP contribution < -0.4 is 14.8 Å². The van der Waals surface area contributed by atoms with Crippen molar-refractivity contribution in [3.63, 3.8) is 0 Å². The van der Waals surface area contributed by atoms with Gasteiger partial charge in [-0.1, -0.05) is 56.3 Å². The van der Waals surface area contributed by atoms with Crippen molar-refractivity contribution in [2.45, 2.75) is 24.3 Å². The van der Waals surface area contributed by atoms with Gasteiger partial charge in [0.2, 0.25) is 0 Å². The number of aliphatic hydroxyl groups excluding tert-OH is 1. The molecule has 3 N–H and O–H groups in total. The van der Waals surface area contributed by atoms with Gasteiger partial charge in [-0.05, 0) is 35.9 Å². The molecule has 1 aliphatic heterocycles. The molecule has 0 aromatic heterocycles. The normalized spacial score (nSPS) is 16.8. The lowest BCUT2D eigenvalue weighted by Gasteiger charge is -2.22. The smallest absolute Gasteiger partial charge is 0.257 e. The first-order valence-corrected chi connectivity index (χ1v) is 13.7. The number of hydrogen-bond acceptors (Lipinski definition) is 7. The van der Waals surface area contributed by atoms with E-state index >= 15 is 0 Å². The number of methoxy groups -OCH3 is 1. The molecule has 0 saturated heterocycles. The third-order valence-corrected chi connectivity index (χ3v) is 8.03. The van der Waals surface area contributed by atoms with Crippen molar-refractivity contribution < 1.29 is 33.7 Å². The molecule has 210 valence electrons. The monoisotopic (exact) mass is 565 g/mol. The Morgan fingerprint density at radius 2 is 1.77 bits per heavy atom. The topological polar surface area (TPSA) is 105 Å². The van der Waals surface area contributed by atoms with Crippen LogP contribution in [0.15, 0.2) is 78.4 Å². The summed E-state index contributed by atoms with van der Waals surface area (Å²) in [4.78, 5) is 26.1. The number of para-hydroxylation sites is 2. The van der Waals surface area contributed by atoms with Crippen LogP contribution in [-0.4, -0.2) is 48.8 Å². The zero-order chi connectivity index (χ0) is 28.9. The number of aliphatic hydroxyl groups is 1. The van der Waals surface area contributed by atoms with Crippen molar-refractivity contribution in [2.24, 2.45) is 5.41 Å². The Balaban J connectivity index is 1.64. The summed E-state index contributed by atoms with van der Waals surface area (Å²) in [5, 5.41) is 21.8. The number of ether oxygens (including phenoxy) is 2. The van der Waals surface area contributed by atoms with Gasteiger partial charge in [-0.15, -0.1) is 11.8 Å². The van der Waals surface area contributed by atoms with Gasteiger partial charge in [-0.3, -0.25) is 9.59 Å². The van der Waals surface area contributed by atoms with Gasteiger partial charge in [0.25, 0.3) is 5.91 Å². The van der Waals surface area contributed by atoms with Crippen LogP contribution in [0, 0.1) is 11.2 Å². The van der Waals surface area contributed by atoms with Crippen LogP contribution in [-0.2, 0) is 4.79 Å². The minimum Gasteiger partial charge on any atom is -0.507 e. The summed E-state index contributed by atoms with van der Waals surface area (Å²) in [5.74, 6) is -0.457. The standard InChI is InChI=1S/C31H32FNO6S/c1-31(2,18-34)17-33-27(36)16-39-25-10-6-8-22(29(25)38-3)30-23(28(37)21-7-4-5-9-24(21)35)15-26(40-30)19-11-13-20(32)14-12-19/h4-15,26,30,34-35H,16-18H2,1-3H3,(H,33,36). The van der Waals surface area contributed by atoms with Crippen molar-refractivity contribution in [3.05, 3.63) is 101 Å². The van der Waals surface area contributed by atoms with E-state index in [4.69, 9.17) is 9.47 Å². The Hall–Kier alpha value is -3.82. The molecule has 2 atom stereocenters. The van der Waals surface area contributed by atoms with Gasteiger partial charge in [-0.25, -0.2) is 4.39 Å². The maximum Gasteiger partial charge on any atom is 0.257 e. The number of carbonyl (C=O) groups is 2. The molecule has 1 aliphatic rings. The highest BCUT2D eigenvalue weighted by Gasteiger charge is 2.36. The number of benzene rings is 3. The molecule has 0 saturated carbocycles. The Bertz CT molecular complexity index is 1410. The molecule has 4 rings (SSSR count). The van der Waals surface area contributed by atoms with Crippen LogP contribution in [0.25, 0.3) is 0 Å². The zero-order valence-electron chi connectivity index (χ0n) is 22.5. The van der Waals surface area contributed by atoms with E-state index < -0.39 is 10.7 Å². The van der Waals surface area contributed by atoms with Crippen LogP contribution in [0.4, 0.5) is 4.39 Å². The first-order chi connectivity index (χ1) is 19.1. The fraction of sp³-hybridized carbons (Fsp3) is 0.290.